The van der Waals surface area contributed by atoms with E-state index < -0.39 is 35.3 Å². The number of halogens is 6. The summed E-state index contributed by atoms with van der Waals surface area (Å²) in [4.78, 5) is 0. The van der Waals surface area contributed by atoms with Crippen LogP contribution in [0.4, 0.5) is 26.3 Å². The average Bonchev–Trinajstić information content (AvgIpc) is 1.96. The Balaban J connectivity index is 3.14. The number of alkyl halides is 6. The van der Waals surface area contributed by atoms with Gasteiger partial charge in [-0.15, -0.1) is 0 Å². The Labute approximate surface area is 95.6 Å². The largest absolute Gasteiger partial charge is 0.436 e. The Morgan fingerprint density at radius 3 is 1.47 bits per heavy atom. The number of hydrogen-bond acceptors (Lipinski definition) is 3. The molecular formula is C6H6F6N2O2S. The van der Waals surface area contributed by atoms with Crippen LogP contribution in [-0.2, 0) is 0 Å². The van der Waals surface area contributed by atoms with Gasteiger partial charge in [-0.05, 0) is 12.2 Å². The molecule has 100 valence electrons. The molecule has 0 saturated carbocycles. The van der Waals surface area contributed by atoms with Crippen LogP contribution >= 0.6 is 12.2 Å². The van der Waals surface area contributed by atoms with Crippen LogP contribution in [0.2, 0.25) is 0 Å². The third kappa shape index (κ3) is 2.40. The fourth-order valence-electron chi connectivity index (χ4n) is 1.21. The van der Waals surface area contributed by atoms with Gasteiger partial charge < -0.3 is 20.8 Å². The molecule has 1 aliphatic rings. The Hall–Kier alpha value is -0.810. The molecule has 0 spiro atoms. The summed E-state index contributed by atoms with van der Waals surface area (Å²) in [6.45, 7) is 0. The predicted octanol–water partition coefficient (Wildman–Crippen LogP) is 0.356. The third-order valence-corrected chi connectivity index (χ3v) is 2.29. The summed E-state index contributed by atoms with van der Waals surface area (Å²) in [5.74, 6) is 0. The van der Waals surface area contributed by atoms with Gasteiger partial charge in [0.25, 0.3) is 0 Å². The second-order valence-electron chi connectivity index (χ2n) is 3.47. The molecule has 0 aromatic heterocycles. The molecule has 1 heterocycles. The molecular weight excluding hydrogens is 278 g/mol. The molecule has 0 amide bonds. The summed E-state index contributed by atoms with van der Waals surface area (Å²) < 4.78 is 74.1. The van der Waals surface area contributed by atoms with E-state index in [1.165, 1.54) is 10.6 Å². The first-order valence-electron chi connectivity index (χ1n) is 3.99. The van der Waals surface area contributed by atoms with Crippen LogP contribution in [0.3, 0.4) is 0 Å². The van der Waals surface area contributed by atoms with Gasteiger partial charge in [-0.25, -0.2) is 0 Å². The van der Waals surface area contributed by atoms with Crippen LogP contribution in [0, 0.1) is 0 Å². The van der Waals surface area contributed by atoms with E-state index in [0.29, 0.717) is 0 Å². The molecule has 17 heavy (non-hydrogen) atoms. The van der Waals surface area contributed by atoms with Gasteiger partial charge in [-0.3, -0.25) is 0 Å². The average molecular weight is 284 g/mol. The maximum absolute atomic E-state index is 12.4. The Kier molecular flexibility index (Phi) is 3.01. The van der Waals surface area contributed by atoms with Gasteiger partial charge in [0.15, 0.2) is 5.11 Å². The maximum Gasteiger partial charge on any atom is 0.436 e. The fraction of sp³-hybridized carbons (Fsp3) is 0.833. The summed E-state index contributed by atoms with van der Waals surface area (Å²) in [7, 11) is 0. The highest BCUT2D eigenvalue weighted by Crippen LogP contribution is 2.41. The quantitative estimate of drug-likeness (QED) is 0.382. The van der Waals surface area contributed by atoms with Crippen molar-refractivity contribution in [2.75, 3.05) is 0 Å². The predicted molar refractivity (Wildman–Crippen MR) is 45.5 cm³/mol. The van der Waals surface area contributed by atoms with Crippen LogP contribution in [0.15, 0.2) is 0 Å². The summed E-state index contributed by atoms with van der Waals surface area (Å²) >= 11 is 4.10. The van der Waals surface area contributed by atoms with Gasteiger partial charge in [0.05, 0.1) is 6.42 Å². The number of thiocarbonyl (C=S) groups is 1. The molecule has 0 unspecified atom stereocenters. The minimum atomic E-state index is -5.43. The van der Waals surface area contributed by atoms with E-state index in [9.17, 15) is 26.3 Å². The molecule has 0 radical (unpaired) electrons. The second-order valence-corrected chi connectivity index (χ2v) is 3.88. The van der Waals surface area contributed by atoms with Crippen LogP contribution < -0.4 is 10.6 Å². The van der Waals surface area contributed by atoms with Crippen LogP contribution in [0.5, 0.6) is 0 Å². The van der Waals surface area contributed by atoms with Gasteiger partial charge in [-0.2, -0.15) is 26.3 Å². The first kappa shape index (κ1) is 14.3. The maximum atomic E-state index is 12.4. The van der Waals surface area contributed by atoms with Crippen LogP contribution in [0.25, 0.3) is 0 Å². The normalized spacial score (nSPS) is 35.2. The molecule has 0 bridgehead atoms. The monoisotopic (exact) mass is 284 g/mol. The molecule has 1 saturated heterocycles. The highest BCUT2D eigenvalue weighted by atomic mass is 32.1. The molecule has 1 aliphatic heterocycles. The molecule has 1 rings (SSSR count). The molecule has 0 aromatic carbocycles. The number of hydrogen-bond donors (Lipinski definition) is 4. The SMILES string of the molecule is O[C@]1(C(F)(F)F)C[C@@](O)(C(F)(F)F)NC(=S)N1. The standard InChI is InChI=1S/C6H6F6N2O2S/c7-5(8,9)3(15)1-4(16,6(10,11)12)14-2(17)13-3/h15-16H,1H2,(H2,13,14,17)/t3-,4+. The summed E-state index contributed by atoms with van der Waals surface area (Å²) in [6, 6.07) is 0. The molecule has 0 aromatic rings. The molecule has 1 fully saturated rings. The van der Waals surface area contributed by atoms with Crippen molar-refractivity contribution in [1.29, 1.82) is 0 Å². The first-order chi connectivity index (χ1) is 7.31. The highest BCUT2D eigenvalue weighted by molar-refractivity contribution is 7.80. The second kappa shape index (κ2) is 3.59. The third-order valence-electron chi connectivity index (χ3n) is 2.09. The van der Waals surface area contributed by atoms with Crippen molar-refractivity contribution in [2.45, 2.75) is 30.2 Å². The fourth-order valence-corrected chi connectivity index (χ4v) is 1.55. The van der Waals surface area contributed by atoms with Crippen molar-refractivity contribution in [3.8, 4) is 0 Å². The zero-order valence-corrected chi connectivity index (χ0v) is 8.59. The summed E-state index contributed by atoms with van der Waals surface area (Å²) in [5, 5.41) is 19.5. The lowest BCUT2D eigenvalue weighted by atomic mass is 9.96. The van der Waals surface area contributed by atoms with Crippen LogP contribution in [0.1, 0.15) is 6.42 Å². The van der Waals surface area contributed by atoms with E-state index in [1.807, 2.05) is 0 Å². The minimum Gasteiger partial charge on any atom is -0.363 e. The zero-order valence-electron chi connectivity index (χ0n) is 7.78. The highest BCUT2D eigenvalue weighted by Gasteiger charge is 2.67. The van der Waals surface area contributed by atoms with E-state index in [0.717, 1.165) is 0 Å². The van der Waals surface area contributed by atoms with Crippen molar-refractivity contribution >= 4 is 17.3 Å². The summed E-state index contributed by atoms with van der Waals surface area (Å²) in [5.41, 5.74) is -7.89. The van der Waals surface area contributed by atoms with Gasteiger partial charge in [0.2, 0.25) is 11.4 Å². The van der Waals surface area contributed by atoms with E-state index in [-0.39, 0.29) is 0 Å². The van der Waals surface area contributed by atoms with Gasteiger partial charge >= 0.3 is 12.4 Å². The van der Waals surface area contributed by atoms with Crippen molar-refractivity contribution in [3.05, 3.63) is 0 Å². The van der Waals surface area contributed by atoms with Gasteiger partial charge in [0, 0.05) is 0 Å². The van der Waals surface area contributed by atoms with E-state index >= 15 is 0 Å². The van der Waals surface area contributed by atoms with Gasteiger partial charge in [-0.1, -0.05) is 0 Å². The molecule has 4 nitrogen and oxygen atoms in total. The molecule has 11 heteroatoms. The zero-order chi connectivity index (χ0) is 13.7. The lowest BCUT2D eigenvalue weighted by Gasteiger charge is -2.45. The smallest absolute Gasteiger partial charge is 0.363 e. The number of aliphatic hydroxyl groups is 2. The Morgan fingerprint density at radius 1 is 0.941 bits per heavy atom. The lowest BCUT2D eigenvalue weighted by molar-refractivity contribution is -0.330. The minimum absolute atomic E-state index is 1.16. The van der Waals surface area contributed by atoms with E-state index in [2.05, 4.69) is 12.2 Å². The van der Waals surface area contributed by atoms with Gasteiger partial charge in [0.1, 0.15) is 0 Å². The Bertz CT molecular complexity index is 314. The van der Waals surface area contributed by atoms with E-state index in [1.54, 1.807) is 0 Å². The molecule has 2 atom stereocenters. The van der Waals surface area contributed by atoms with Crippen molar-refractivity contribution < 1.29 is 36.6 Å². The summed E-state index contributed by atoms with van der Waals surface area (Å²) in [6.07, 6.45) is -12.9. The van der Waals surface area contributed by atoms with Crippen molar-refractivity contribution in [2.24, 2.45) is 0 Å². The topological polar surface area (TPSA) is 64.5 Å². The van der Waals surface area contributed by atoms with Crippen LogP contribution in [-0.4, -0.2) is 39.1 Å². The Morgan fingerprint density at radius 2 is 1.24 bits per heavy atom. The van der Waals surface area contributed by atoms with Crippen molar-refractivity contribution in [3.63, 3.8) is 0 Å². The molecule has 4 N–H and O–H groups in total. The number of rotatable bonds is 0. The van der Waals surface area contributed by atoms with Crippen molar-refractivity contribution in [1.82, 2.24) is 10.6 Å². The van der Waals surface area contributed by atoms with E-state index in [4.69, 9.17) is 10.2 Å². The number of nitrogens with one attached hydrogen (secondary N) is 2. The first-order valence-corrected chi connectivity index (χ1v) is 4.40. The molecule has 0 aliphatic carbocycles. The lowest BCUT2D eigenvalue weighted by Crippen LogP contribution is -2.76.